The smallest absolute Gasteiger partial charge is 0.191 e. The van der Waals surface area contributed by atoms with Gasteiger partial charge in [-0.15, -0.1) is 10.2 Å². The number of rotatable bonds is 6. The van der Waals surface area contributed by atoms with Crippen molar-refractivity contribution < 1.29 is 4.74 Å². The van der Waals surface area contributed by atoms with Crippen molar-refractivity contribution in [3.05, 3.63) is 41.2 Å². The summed E-state index contributed by atoms with van der Waals surface area (Å²) >= 11 is 1.79. The van der Waals surface area contributed by atoms with Crippen LogP contribution in [-0.4, -0.2) is 27.5 Å². The van der Waals surface area contributed by atoms with E-state index in [4.69, 9.17) is 4.74 Å². The number of benzene rings is 1. The minimum Gasteiger partial charge on any atom is -0.376 e. The normalized spacial score (nSPS) is 21.0. The molecule has 122 valence electrons. The summed E-state index contributed by atoms with van der Waals surface area (Å²) in [6.45, 7) is 3.95. The summed E-state index contributed by atoms with van der Waals surface area (Å²) in [5.41, 5.74) is 2.65. The topological polar surface area (TPSA) is 39.9 Å². The van der Waals surface area contributed by atoms with Crippen molar-refractivity contribution in [2.24, 2.45) is 0 Å². The average molecular weight is 329 g/mol. The van der Waals surface area contributed by atoms with Crippen LogP contribution in [-0.2, 0) is 17.0 Å². The second-order valence-electron chi connectivity index (χ2n) is 6.64. The van der Waals surface area contributed by atoms with Crippen molar-refractivity contribution in [3.8, 4) is 0 Å². The largest absolute Gasteiger partial charge is 0.376 e. The molecule has 1 atom stereocenters. The van der Waals surface area contributed by atoms with E-state index in [2.05, 4.69) is 46.0 Å². The van der Waals surface area contributed by atoms with Gasteiger partial charge in [0.05, 0.1) is 12.6 Å². The Bertz CT molecular complexity index is 675. The number of ether oxygens (including phenoxy) is 1. The van der Waals surface area contributed by atoms with Crippen molar-refractivity contribution in [3.63, 3.8) is 0 Å². The molecular formula is C18H23N3OS. The van der Waals surface area contributed by atoms with Crippen molar-refractivity contribution in [2.45, 2.75) is 62.1 Å². The first-order valence-electron chi connectivity index (χ1n) is 8.52. The molecule has 0 radical (unpaired) electrons. The van der Waals surface area contributed by atoms with Gasteiger partial charge in [-0.25, -0.2) is 0 Å². The Balaban J connectivity index is 1.50. The lowest BCUT2D eigenvalue weighted by molar-refractivity contribution is 0.0942. The fraction of sp³-hybridized carbons (Fsp3) is 0.556. The van der Waals surface area contributed by atoms with Crippen LogP contribution in [0.25, 0.3) is 0 Å². The zero-order valence-electron chi connectivity index (χ0n) is 13.6. The molecule has 1 saturated heterocycles. The third-order valence-corrected chi connectivity index (χ3v) is 5.59. The Labute approximate surface area is 141 Å². The van der Waals surface area contributed by atoms with E-state index < -0.39 is 0 Å². The van der Waals surface area contributed by atoms with Crippen LogP contribution in [0.1, 0.15) is 48.6 Å². The first kappa shape index (κ1) is 15.2. The molecule has 5 heteroatoms. The fourth-order valence-electron chi connectivity index (χ4n) is 3.16. The molecule has 23 heavy (non-hydrogen) atoms. The van der Waals surface area contributed by atoms with Crippen LogP contribution < -0.4 is 0 Å². The van der Waals surface area contributed by atoms with E-state index in [-0.39, 0.29) is 0 Å². The molecule has 4 nitrogen and oxygen atoms in total. The summed E-state index contributed by atoms with van der Waals surface area (Å²) in [5, 5.41) is 10.0. The van der Waals surface area contributed by atoms with Crippen LogP contribution in [0.5, 0.6) is 0 Å². The van der Waals surface area contributed by atoms with E-state index >= 15 is 0 Å². The minimum atomic E-state index is 0.335. The molecule has 0 N–H and O–H groups in total. The third kappa shape index (κ3) is 3.61. The van der Waals surface area contributed by atoms with Crippen LogP contribution in [0.4, 0.5) is 0 Å². The number of nitrogens with zero attached hydrogens (tertiary/aromatic N) is 3. The highest BCUT2D eigenvalue weighted by atomic mass is 32.2. The Morgan fingerprint density at radius 2 is 2.17 bits per heavy atom. The van der Waals surface area contributed by atoms with Crippen LogP contribution in [0.3, 0.4) is 0 Å². The highest BCUT2D eigenvalue weighted by Gasteiger charge is 2.31. The second-order valence-corrected chi connectivity index (χ2v) is 7.58. The number of hydrogen-bond acceptors (Lipinski definition) is 4. The number of aryl methyl sites for hydroxylation is 1. The van der Waals surface area contributed by atoms with Crippen LogP contribution in [0.15, 0.2) is 29.4 Å². The Morgan fingerprint density at radius 3 is 2.91 bits per heavy atom. The maximum absolute atomic E-state index is 5.83. The highest BCUT2D eigenvalue weighted by Crippen LogP contribution is 2.40. The molecule has 2 aromatic rings. The van der Waals surface area contributed by atoms with Crippen molar-refractivity contribution >= 4 is 11.8 Å². The molecule has 0 amide bonds. The molecule has 4 rings (SSSR count). The Morgan fingerprint density at radius 1 is 1.26 bits per heavy atom. The summed E-state index contributed by atoms with van der Waals surface area (Å²) in [4.78, 5) is 0. The van der Waals surface area contributed by atoms with Crippen LogP contribution >= 0.6 is 11.8 Å². The van der Waals surface area contributed by atoms with Crippen LogP contribution in [0, 0.1) is 6.92 Å². The van der Waals surface area contributed by atoms with E-state index in [1.54, 1.807) is 11.8 Å². The molecule has 2 aliphatic rings. The molecule has 0 bridgehead atoms. The summed E-state index contributed by atoms with van der Waals surface area (Å²) in [6.07, 6.45) is 5.18. The Hall–Kier alpha value is -1.33. The van der Waals surface area contributed by atoms with Gasteiger partial charge in [0.25, 0.3) is 0 Å². The lowest BCUT2D eigenvalue weighted by Gasteiger charge is -2.14. The van der Waals surface area contributed by atoms with Gasteiger partial charge < -0.3 is 9.30 Å². The molecule has 1 aliphatic heterocycles. The van der Waals surface area contributed by atoms with E-state index in [1.165, 1.54) is 36.2 Å². The molecule has 2 fully saturated rings. The average Bonchev–Trinajstić information content (AvgIpc) is 3.11. The summed E-state index contributed by atoms with van der Waals surface area (Å²) < 4.78 is 8.16. The van der Waals surface area contributed by atoms with E-state index in [0.29, 0.717) is 12.0 Å². The standard InChI is InChI=1S/C18H23N3OS/c1-13-4-2-5-14(10-13)12-23-18-20-19-17(15-7-8-15)21(18)11-16-6-3-9-22-16/h2,4-5,10,15-16H,3,6-9,11-12H2,1H3. The predicted octanol–water partition coefficient (Wildman–Crippen LogP) is 3.94. The molecule has 1 unspecified atom stereocenters. The van der Waals surface area contributed by atoms with Crippen molar-refractivity contribution in [1.29, 1.82) is 0 Å². The molecule has 1 aromatic carbocycles. The van der Waals surface area contributed by atoms with Gasteiger partial charge in [-0.2, -0.15) is 0 Å². The second kappa shape index (κ2) is 6.65. The molecule has 1 saturated carbocycles. The number of thioether (sulfide) groups is 1. The maximum Gasteiger partial charge on any atom is 0.191 e. The highest BCUT2D eigenvalue weighted by molar-refractivity contribution is 7.98. The minimum absolute atomic E-state index is 0.335. The van der Waals surface area contributed by atoms with Gasteiger partial charge in [0.2, 0.25) is 0 Å². The molecular weight excluding hydrogens is 306 g/mol. The fourth-order valence-corrected chi connectivity index (χ4v) is 4.06. The first-order chi connectivity index (χ1) is 11.3. The van der Waals surface area contributed by atoms with Gasteiger partial charge in [-0.1, -0.05) is 41.6 Å². The van der Waals surface area contributed by atoms with Crippen molar-refractivity contribution in [1.82, 2.24) is 14.8 Å². The van der Waals surface area contributed by atoms with Gasteiger partial charge in [0, 0.05) is 18.3 Å². The maximum atomic E-state index is 5.83. The predicted molar refractivity (Wildman–Crippen MR) is 91.7 cm³/mol. The van der Waals surface area contributed by atoms with Crippen LogP contribution in [0.2, 0.25) is 0 Å². The van der Waals surface area contributed by atoms with E-state index in [1.807, 2.05) is 0 Å². The molecule has 2 heterocycles. The number of aromatic nitrogens is 3. The summed E-state index contributed by atoms with van der Waals surface area (Å²) in [5.74, 6) is 2.74. The zero-order chi connectivity index (χ0) is 15.6. The first-order valence-corrected chi connectivity index (χ1v) is 9.51. The summed E-state index contributed by atoms with van der Waals surface area (Å²) in [6, 6.07) is 8.69. The zero-order valence-corrected chi connectivity index (χ0v) is 14.4. The third-order valence-electron chi connectivity index (χ3n) is 4.55. The SMILES string of the molecule is Cc1cccc(CSc2nnc(C3CC3)n2CC2CCCO2)c1. The van der Waals surface area contributed by atoms with E-state index in [9.17, 15) is 0 Å². The lowest BCUT2D eigenvalue weighted by Crippen LogP contribution is -2.17. The number of hydrogen-bond donors (Lipinski definition) is 0. The molecule has 0 spiro atoms. The summed E-state index contributed by atoms with van der Waals surface area (Å²) in [7, 11) is 0. The lowest BCUT2D eigenvalue weighted by atomic mass is 10.2. The van der Waals surface area contributed by atoms with E-state index in [0.717, 1.165) is 30.5 Å². The van der Waals surface area contributed by atoms with Crippen molar-refractivity contribution in [2.75, 3.05) is 6.61 Å². The van der Waals surface area contributed by atoms with Gasteiger partial charge >= 0.3 is 0 Å². The van der Waals surface area contributed by atoms with Gasteiger partial charge in [0.15, 0.2) is 5.16 Å². The van der Waals surface area contributed by atoms with Gasteiger partial charge in [-0.05, 0) is 38.2 Å². The quantitative estimate of drug-likeness (QED) is 0.753. The monoisotopic (exact) mass is 329 g/mol. The Kier molecular flexibility index (Phi) is 4.40. The van der Waals surface area contributed by atoms with Gasteiger partial charge in [0.1, 0.15) is 5.82 Å². The van der Waals surface area contributed by atoms with Gasteiger partial charge in [-0.3, -0.25) is 0 Å². The molecule has 1 aliphatic carbocycles. The molecule has 1 aromatic heterocycles.